The van der Waals surface area contributed by atoms with Gasteiger partial charge in [-0.05, 0) is 31.5 Å². The molecule has 5 nitrogen and oxygen atoms in total. The van der Waals surface area contributed by atoms with Crippen molar-refractivity contribution in [1.82, 2.24) is 4.98 Å². The Morgan fingerprint density at radius 3 is 2.79 bits per heavy atom. The van der Waals surface area contributed by atoms with Gasteiger partial charge in [0.2, 0.25) is 5.91 Å². The summed E-state index contributed by atoms with van der Waals surface area (Å²) < 4.78 is 5.72. The Morgan fingerprint density at radius 2 is 2.12 bits per heavy atom. The van der Waals surface area contributed by atoms with Gasteiger partial charge in [-0.3, -0.25) is 9.78 Å². The average molecular weight is 350 g/mol. The van der Waals surface area contributed by atoms with Gasteiger partial charge in [0, 0.05) is 29.7 Å². The lowest BCUT2D eigenvalue weighted by Gasteiger charge is -2.23. The molecule has 0 radical (unpaired) electrons. The zero-order chi connectivity index (χ0) is 16.7. The number of ether oxygens (including phenoxy) is 1. The molecule has 2 rings (SSSR count). The number of carbonyl (C=O) groups excluding carboxylic acids is 1. The van der Waals surface area contributed by atoms with Crippen molar-refractivity contribution < 1.29 is 9.53 Å². The maximum Gasteiger partial charge on any atom is 0.244 e. The van der Waals surface area contributed by atoms with E-state index in [1.807, 2.05) is 37.3 Å². The van der Waals surface area contributed by atoms with Crippen molar-refractivity contribution in [3.05, 3.63) is 54.4 Å². The third kappa shape index (κ3) is 5.83. The number of aromatic nitrogens is 1. The van der Waals surface area contributed by atoms with Crippen molar-refractivity contribution in [3.63, 3.8) is 0 Å². The zero-order valence-corrected chi connectivity index (χ0v) is 14.8. The number of hydrogen-bond donors (Lipinski definition) is 2. The summed E-state index contributed by atoms with van der Waals surface area (Å²) in [4.78, 5) is 16.3. The Kier molecular flexibility index (Phi) is 7.68. The van der Waals surface area contributed by atoms with Gasteiger partial charge in [-0.1, -0.05) is 25.5 Å². The standard InChI is InChI=1S/C18H23N3O2.ClH/c1-3-9-18(2,19)17(22)21-15-7-4-8-16(11-15)23-13-14-6-5-10-20-12-14;/h4-8,10-12H,3,9,13,19H2,1-2H3,(H,21,22);1H. The predicted molar refractivity (Wildman–Crippen MR) is 98.4 cm³/mol. The normalized spacial score (nSPS) is 12.6. The topological polar surface area (TPSA) is 77.2 Å². The minimum atomic E-state index is -0.874. The van der Waals surface area contributed by atoms with E-state index in [2.05, 4.69) is 10.3 Å². The average Bonchev–Trinajstić information content (AvgIpc) is 2.54. The minimum absolute atomic E-state index is 0. The van der Waals surface area contributed by atoms with Crippen LogP contribution in [0.3, 0.4) is 0 Å². The van der Waals surface area contributed by atoms with E-state index < -0.39 is 5.54 Å². The van der Waals surface area contributed by atoms with Crippen LogP contribution in [0.1, 0.15) is 32.3 Å². The van der Waals surface area contributed by atoms with E-state index in [0.29, 0.717) is 24.5 Å². The molecule has 0 saturated carbocycles. The molecule has 6 heteroatoms. The highest BCUT2D eigenvalue weighted by Crippen LogP contribution is 2.20. The van der Waals surface area contributed by atoms with Crippen LogP contribution in [0.25, 0.3) is 0 Å². The molecule has 1 aromatic carbocycles. The summed E-state index contributed by atoms with van der Waals surface area (Å²) in [6.07, 6.45) is 4.97. The molecule has 2 aromatic rings. The highest BCUT2D eigenvalue weighted by Gasteiger charge is 2.27. The van der Waals surface area contributed by atoms with Crippen LogP contribution >= 0.6 is 12.4 Å². The highest BCUT2D eigenvalue weighted by molar-refractivity contribution is 5.97. The highest BCUT2D eigenvalue weighted by atomic mass is 35.5. The molecule has 0 bridgehead atoms. The number of benzene rings is 1. The molecule has 0 spiro atoms. The molecule has 0 fully saturated rings. The number of rotatable bonds is 7. The first-order chi connectivity index (χ1) is 11.0. The molecule has 1 amide bonds. The van der Waals surface area contributed by atoms with Crippen molar-refractivity contribution in [2.24, 2.45) is 5.73 Å². The Morgan fingerprint density at radius 1 is 1.33 bits per heavy atom. The SMILES string of the molecule is CCCC(C)(N)C(=O)Nc1cccc(OCc2cccnc2)c1.Cl. The van der Waals surface area contributed by atoms with Crippen LogP contribution in [-0.2, 0) is 11.4 Å². The Balaban J connectivity index is 0.00000288. The largest absolute Gasteiger partial charge is 0.489 e. The van der Waals surface area contributed by atoms with Crippen molar-refractivity contribution in [3.8, 4) is 5.75 Å². The molecule has 1 atom stereocenters. The summed E-state index contributed by atoms with van der Waals surface area (Å²) in [5.74, 6) is 0.490. The van der Waals surface area contributed by atoms with Crippen LogP contribution in [0.2, 0.25) is 0 Å². The van der Waals surface area contributed by atoms with Crippen LogP contribution in [0.4, 0.5) is 5.69 Å². The fourth-order valence-electron chi connectivity index (χ4n) is 2.22. The number of halogens is 1. The van der Waals surface area contributed by atoms with Crippen LogP contribution < -0.4 is 15.8 Å². The molecule has 24 heavy (non-hydrogen) atoms. The lowest BCUT2D eigenvalue weighted by atomic mass is 9.96. The number of nitrogens with two attached hydrogens (primary N) is 1. The van der Waals surface area contributed by atoms with Crippen LogP contribution in [0, 0.1) is 0 Å². The molecule has 1 aromatic heterocycles. The summed E-state index contributed by atoms with van der Waals surface area (Å²) in [5.41, 5.74) is 6.83. The summed E-state index contributed by atoms with van der Waals surface area (Å²) >= 11 is 0. The van der Waals surface area contributed by atoms with Gasteiger partial charge < -0.3 is 15.8 Å². The molecule has 0 aliphatic rings. The lowest BCUT2D eigenvalue weighted by Crippen LogP contribution is -2.48. The van der Waals surface area contributed by atoms with Crippen molar-refractivity contribution in [2.75, 3.05) is 5.32 Å². The molecule has 1 heterocycles. The zero-order valence-electron chi connectivity index (χ0n) is 14.0. The van der Waals surface area contributed by atoms with Crippen molar-refractivity contribution in [2.45, 2.75) is 38.8 Å². The van der Waals surface area contributed by atoms with Crippen LogP contribution in [-0.4, -0.2) is 16.4 Å². The fourth-order valence-corrected chi connectivity index (χ4v) is 2.22. The smallest absolute Gasteiger partial charge is 0.244 e. The second-order valence-corrected chi connectivity index (χ2v) is 5.80. The van der Waals surface area contributed by atoms with Gasteiger partial charge in [0.05, 0.1) is 5.54 Å². The van der Waals surface area contributed by atoms with Crippen LogP contribution in [0.15, 0.2) is 48.8 Å². The number of anilines is 1. The monoisotopic (exact) mass is 349 g/mol. The summed E-state index contributed by atoms with van der Waals surface area (Å²) in [6.45, 7) is 4.18. The van der Waals surface area contributed by atoms with Gasteiger partial charge in [-0.2, -0.15) is 0 Å². The minimum Gasteiger partial charge on any atom is -0.489 e. The fraction of sp³-hybridized carbons (Fsp3) is 0.333. The summed E-state index contributed by atoms with van der Waals surface area (Å²) in [7, 11) is 0. The molecular formula is C18H24ClN3O2. The first-order valence-electron chi connectivity index (χ1n) is 7.73. The van der Waals surface area contributed by atoms with Gasteiger partial charge in [-0.15, -0.1) is 12.4 Å². The van der Waals surface area contributed by atoms with E-state index in [0.717, 1.165) is 12.0 Å². The number of nitrogens with zero attached hydrogens (tertiary/aromatic N) is 1. The number of carbonyl (C=O) groups is 1. The molecule has 0 aliphatic carbocycles. The number of amides is 1. The molecular weight excluding hydrogens is 326 g/mol. The molecule has 0 aliphatic heterocycles. The maximum atomic E-state index is 12.2. The molecule has 130 valence electrons. The van der Waals surface area contributed by atoms with Gasteiger partial charge in [-0.25, -0.2) is 0 Å². The lowest BCUT2D eigenvalue weighted by molar-refractivity contribution is -0.120. The van der Waals surface area contributed by atoms with E-state index in [-0.39, 0.29) is 18.3 Å². The molecule has 3 N–H and O–H groups in total. The second kappa shape index (κ2) is 9.25. The quantitative estimate of drug-likeness (QED) is 0.801. The maximum absolute atomic E-state index is 12.2. The Hall–Kier alpha value is -2.11. The number of pyridine rings is 1. The van der Waals surface area contributed by atoms with Crippen molar-refractivity contribution >= 4 is 24.0 Å². The van der Waals surface area contributed by atoms with Crippen molar-refractivity contribution in [1.29, 1.82) is 0 Å². The molecule has 1 unspecified atom stereocenters. The summed E-state index contributed by atoms with van der Waals surface area (Å²) in [5, 5.41) is 2.85. The van der Waals surface area contributed by atoms with E-state index >= 15 is 0 Å². The second-order valence-electron chi connectivity index (χ2n) is 5.80. The van der Waals surface area contributed by atoms with E-state index in [4.69, 9.17) is 10.5 Å². The van der Waals surface area contributed by atoms with Crippen LogP contribution in [0.5, 0.6) is 5.75 Å². The first-order valence-corrected chi connectivity index (χ1v) is 7.73. The van der Waals surface area contributed by atoms with E-state index in [1.54, 1.807) is 25.4 Å². The number of nitrogens with one attached hydrogen (secondary N) is 1. The number of hydrogen-bond acceptors (Lipinski definition) is 4. The van der Waals surface area contributed by atoms with Gasteiger partial charge in [0.1, 0.15) is 12.4 Å². The predicted octanol–water partition coefficient (Wildman–Crippen LogP) is 3.54. The van der Waals surface area contributed by atoms with Gasteiger partial charge >= 0.3 is 0 Å². The third-order valence-electron chi connectivity index (χ3n) is 3.51. The summed E-state index contributed by atoms with van der Waals surface area (Å²) in [6, 6.07) is 11.1. The molecule has 0 saturated heterocycles. The van der Waals surface area contributed by atoms with Gasteiger partial charge in [0.25, 0.3) is 0 Å². The van der Waals surface area contributed by atoms with E-state index in [1.165, 1.54) is 0 Å². The third-order valence-corrected chi connectivity index (χ3v) is 3.51. The Bertz CT molecular complexity index is 648. The Labute approximate surface area is 149 Å². The van der Waals surface area contributed by atoms with Gasteiger partial charge in [0.15, 0.2) is 0 Å². The van der Waals surface area contributed by atoms with E-state index in [9.17, 15) is 4.79 Å². The first kappa shape index (κ1) is 19.9.